The smallest absolute Gasteiger partial charge is 0.122 e. The number of para-hydroxylation sites is 1. The first-order valence-corrected chi connectivity index (χ1v) is 7.23. The molecule has 1 aromatic rings. The van der Waals surface area contributed by atoms with E-state index >= 15 is 0 Å². The molecule has 0 aromatic heterocycles. The summed E-state index contributed by atoms with van der Waals surface area (Å²) in [6, 6.07) is 8.95. The number of ether oxygens (including phenoxy) is 1. The van der Waals surface area contributed by atoms with Gasteiger partial charge in [-0.25, -0.2) is 0 Å². The van der Waals surface area contributed by atoms with Gasteiger partial charge in [-0.3, -0.25) is 0 Å². The molecule has 0 bridgehead atoms. The lowest BCUT2D eigenvalue weighted by Crippen LogP contribution is -2.26. The summed E-state index contributed by atoms with van der Waals surface area (Å²) >= 11 is 0. The number of rotatable bonds is 2. The Morgan fingerprint density at radius 3 is 2.83 bits per heavy atom. The van der Waals surface area contributed by atoms with Crippen LogP contribution in [0.1, 0.15) is 44.1 Å². The third kappa shape index (κ3) is 2.14. The highest BCUT2D eigenvalue weighted by atomic mass is 16.5. The number of fused-ring (bicyclic) bond motifs is 1. The van der Waals surface area contributed by atoms with Gasteiger partial charge in [0.15, 0.2) is 0 Å². The Morgan fingerprint density at radius 1 is 1.22 bits per heavy atom. The summed E-state index contributed by atoms with van der Waals surface area (Å²) in [6.07, 6.45) is 4.96. The third-order valence-corrected chi connectivity index (χ3v) is 4.96. The van der Waals surface area contributed by atoms with Gasteiger partial charge in [0.25, 0.3) is 0 Å². The zero-order valence-electron chi connectivity index (χ0n) is 11.1. The van der Waals surface area contributed by atoms with Crippen molar-refractivity contribution in [3.05, 3.63) is 29.8 Å². The normalized spacial score (nSPS) is 35.0. The molecule has 0 radical (unpaired) electrons. The van der Waals surface area contributed by atoms with Crippen molar-refractivity contribution in [1.29, 1.82) is 0 Å². The Hall–Kier alpha value is -1.02. The molecule has 0 amide bonds. The molecule has 2 heteroatoms. The summed E-state index contributed by atoms with van der Waals surface area (Å²) in [5.74, 6) is 3.26. The molecule has 2 N–H and O–H groups in total. The maximum Gasteiger partial charge on any atom is 0.122 e. The molecule has 4 atom stereocenters. The lowest BCUT2D eigenvalue weighted by Gasteiger charge is -2.29. The number of hydrogen-bond donors (Lipinski definition) is 1. The van der Waals surface area contributed by atoms with E-state index in [2.05, 4.69) is 31.2 Å². The van der Waals surface area contributed by atoms with Gasteiger partial charge in [0.05, 0.1) is 6.61 Å². The molecular formula is C16H23NO. The van der Waals surface area contributed by atoms with Gasteiger partial charge in [-0.15, -0.1) is 0 Å². The zero-order chi connectivity index (χ0) is 12.5. The van der Waals surface area contributed by atoms with E-state index in [0.29, 0.717) is 17.9 Å². The van der Waals surface area contributed by atoms with Gasteiger partial charge in [0, 0.05) is 6.04 Å². The fraction of sp³-hybridized carbons (Fsp3) is 0.625. The van der Waals surface area contributed by atoms with Gasteiger partial charge < -0.3 is 10.5 Å². The van der Waals surface area contributed by atoms with E-state index in [0.717, 1.165) is 24.7 Å². The number of benzene rings is 1. The molecule has 0 spiro atoms. The molecule has 4 unspecified atom stereocenters. The molecule has 98 valence electrons. The summed E-state index contributed by atoms with van der Waals surface area (Å²) in [6.45, 7) is 3.20. The van der Waals surface area contributed by atoms with Crippen LogP contribution in [0.3, 0.4) is 0 Å². The minimum Gasteiger partial charge on any atom is -0.493 e. The van der Waals surface area contributed by atoms with Gasteiger partial charge in [0.1, 0.15) is 5.75 Å². The monoisotopic (exact) mass is 245 g/mol. The van der Waals surface area contributed by atoms with E-state index in [1.54, 1.807) is 0 Å². The van der Waals surface area contributed by atoms with Gasteiger partial charge in [0.2, 0.25) is 0 Å². The standard InChI is InChI=1S/C16H23NO/c1-11-12(6-7-15(11)17)10-13-8-9-18-16-5-3-2-4-14(13)16/h2-5,11-13,15H,6-10,17H2,1H3. The van der Waals surface area contributed by atoms with Crippen LogP contribution in [-0.4, -0.2) is 12.6 Å². The highest BCUT2D eigenvalue weighted by Gasteiger charge is 2.33. The molecule has 1 saturated carbocycles. The van der Waals surface area contributed by atoms with Crippen LogP contribution in [0.5, 0.6) is 5.75 Å². The molecule has 18 heavy (non-hydrogen) atoms. The van der Waals surface area contributed by atoms with Crippen LogP contribution in [0.15, 0.2) is 24.3 Å². The summed E-state index contributed by atoms with van der Waals surface area (Å²) in [5, 5.41) is 0. The quantitative estimate of drug-likeness (QED) is 0.867. The molecule has 1 aromatic carbocycles. The van der Waals surface area contributed by atoms with Crippen molar-refractivity contribution in [3.8, 4) is 5.75 Å². The fourth-order valence-corrected chi connectivity index (χ4v) is 3.64. The van der Waals surface area contributed by atoms with E-state index in [1.807, 2.05) is 0 Å². The van der Waals surface area contributed by atoms with Crippen LogP contribution >= 0.6 is 0 Å². The van der Waals surface area contributed by atoms with E-state index < -0.39 is 0 Å². The van der Waals surface area contributed by atoms with Crippen molar-refractivity contribution in [2.75, 3.05) is 6.61 Å². The molecular weight excluding hydrogens is 222 g/mol. The van der Waals surface area contributed by atoms with Crippen molar-refractivity contribution in [2.45, 2.75) is 44.6 Å². The lowest BCUT2D eigenvalue weighted by molar-refractivity contribution is 0.241. The van der Waals surface area contributed by atoms with E-state index in [1.165, 1.54) is 24.8 Å². The third-order valence-electron chi connectivity index (χ3n) is 4.96. The maximum atomic E-state index is 6.14. The second-order valence-electron chi connectivity index (χ2n) is 5.97. The minimum atomic E-state index is 0.421. The van der Waals surface area contributed by atoms with Crippen LogP contribution in [0.25, 0.3) is 0 Å². The highest BCUT2D eigenvalue weighted by molar-refractivity contribution is 5.37. The zero-order valence-corrected chi connectivity index (χ0v) is 11.1. The first-order chi connectivity index (χ1) is 8.75. The summed E-state index contributed by atoms with van der Waals surface area (Å²) < 4.78 is 5.74. The van der Waals surface area contributed by atoms with Gasteiger partial charge in [-0.1, -0.05) is 25.1 Å². The van der Waals surface area contributed by atoms with Crippen molar-refractivity contribution in [2.24, 2.45) is 17.6 Å². The molecule has 2 nitrogen and oxygen atoms in total. The molecule has 3 rings (SSSR count). The van der Waals surface area contributed by atoms with Gasteiger partial charge in [-0.05, 0) is 55.1 Å². The predicted molar refractivity (Wildman–Crippen MR) is 73.8 cm³/mol. The van der Waals surface area contributed by atoms with Crippen LogP contribution in [-0.2, 0) is 0 Å². The topological polar surface area (TPSA) is 35.2 Å². The number of nitrogens with two attached hydrogens (primary N) is 1. The summed E-state index contributed by atoms with van der Waals surface area (Å²) in [5.41, 5.74) is 7.56. The van der Waals surface area contributed by atoms with Crippen molar-refractivity contribution in [3.63, 3.8) is 0 Å². The Labute approximate surface area is 110 Å². The van der Waals surface area contributed by atoms with Gasteiger partial charge >= 0.3 is 0 Å². The van der Waals surface area contributed by atoms with E-state index in [-0.39, 0.29) is 0 Å². The second kappa shape index (κ2) is 4.93. The molecule has 1 heterocycles. The predicted octanol–water partition coefficient (Wildman–Crippen LogP) is 3.32. The van der Waals surface area contributed by atoms with Crippen LogP contribution in [0.2, 0.25) is 0 Å². The Bertz CT molecular complexity index is 417. The fourth-order valence-electron chi connectivity index (χ4n) is 3.64. The molecule has 2 aliphatic rings. The Balaban J connectivity index is 1.75. The first kappa shape index (κ1) is 12.0. The van der Waals surface area contributed by atoms with Gasteiger partial charge in [-0.2, -0.15) is 0 Å². The summed E-state index contributed by atoms with van der Waals surface area (Å²) in [7, 11) is 0. The molecule has 1 fully saturated rings. The molecule has 0 saturated heterocycles. The first-order valence-electron chi connectivity index (χ1n) is 7.23. The van der Waals surface area contributed by atoms with Crippen molar-refractivity contribution >= 4 is 0 Å². The van der Waals surface area contributed by atoms with Crippen molar-refractivity contribution in [1.82, 2.24) is 0 Å². The number of hydrogen-bond acceptors (Lipinski definition) is 2. The van der Waals surface area contributed by atoms with E-state index in [9.17, 15) is 0 Å². The van der Waals surface area contributed by atoms with Crippen LogP contribution in [0.4, 0.5) is 0 Å². The lowest BCUT2D eigenvalue weighted by atomic mass is 9.81. The van der Waals surface area contributed by atoms with E-state index in [4.69, 9.17) is 10.5 Å². The highest BCUT2D eigenvalue weighted by Crippen LogP contribution is 2.42. The van der Waals surface area contributed by atoms with Crippen LogP contribution < -0.4 is 10.5 Å². The van der Waals surface area contributed by atoms with Crippen molar-refractivity contribution < 1.29 is 4.74 Å². The molecule has 1 aliphatic carbocycles. The Kier molecular flexibility index (Phi) is 3.29. The minimum absolute atomic E-state index is 0.421. The average Bonchev–Trinajstić information content (AvgIpc) is 2.71. The average molecular weight is 245 g/mol. The van der Waals surface area contributed by atoms with Crippen LogP contribution in [0, 0.1) is 11.8 Å². The maximum absolute atomic E-state index is 6.14. The Morgan fingerprint density at radius 2 is 2.06 bits per heavy atom. The molecule has 1 aliphatic heterocycles. The SMILES string of the molecule is CC1C(N)CCC1CC1CCOc2ccccc21. The second-order valence-corrected chi connectivity index (χ2v) is 5.97. The largest absolute Gasteiger partial charge is 0.493 e. The summed E-state index contributed by atoms with van der Waals surface area (Å²) in [4.78, 5) is 0.